The molecule has 0 bridgehead atoms. The molecule has 0 fully saturated rings. The molecule has 0 spiro atoms. The molecule has 20 heavy (non-hydrogen) atoms. The summed E-state index contributed by atoms with van der Waals surface area (Å²) in [6.07, 6.45) is 3.29. The standard InChI is InChI=1S/C16H20N2O2/c1-4-10-18(11-5-2)15(19)12-17-16(20)14-9-7-6-8-13(14)3/h4-9H,1-2,10-12H2,3H3,(H,17,20). The van der Waals surface area contributed by atoms with Crippen molar-refractivity contribution >= 4 is 11.8 Å². The first-order valence-corrected chi connectivity index (χ1v) is 6.43. The molecule has 1 rings (SSSR count). The summed E-state index contributed by atoms with van der Waals surface area (Å²) in [5, 5.41) is 2.64. The van der Waals surface area contributed by atoms with Crippen molar-refractivity contribution in [1.82, 2.24) is 10.2 Å². The van der Waals surface area contributed by atoms with E-state index in [1.54, 1.807) is 29.2 Å². The summed E-state index contributed by atoms with van der Waals surface area (Å²) in [6.45, 7) is 9.91. The number of carbonyl (C=O) groups is 2. The van der Waals surface area contributed by atoms with E-state index < -0.39 is 0 Å². The zero-order valence-corrected chi connectivity index (χ0v) is 11.8. The van der Waals surface area contributed by atoms with Gasteiger partial charge in [-0.05, 0) is 18.6 Å². The van der Waals surface area contributed by atoms with Crippen LogP contribution in [0.25, 0.3) is 0 Å². The van der Waals surface area contributed by atoms with Crippen molar-refractivity contribution in [3.05, 3.63) is 60.7 Å². The highest BCUT2D eigenvalue weighted by Gasteiger charge is 2.13. The number of nitrogens with one attached hydrogen (secondary N) is 1. The van der Waals surface area contributed by atoms with E-state index in [2.05, 4.69) is 18.5 Å². The molecule has 1 aromatic carbocycles. The molecule has 0 saturated heterocycles. The predicted octanol–water partition coefficient (Wildman–Crippen LogP) is 1.93. The largest absolute Gasteiger partial charge is 0.343 e. The lowest BCUT2D eigenvalue weighted by Crippen LogP contribution is -2.40. The zero-order valence-electron chi connectivity index (χ0n) is 11.8. The highest BCUT2D eigenvalue weighted by atomic mass is 16.2. The van der Waals surface area contributed by atoms with Gasteiger partial charge in [-0.3, -0.25) is 9.59 Å². The van der Waals surface area contributed by atoms with E-state index in [1.807, 2.05) is 19.1 Å². The second-order valence-electron chi connectivity index (χ2n) is 4.37. The van der Waals surface area contributed by atoms with E-state index in [-0.39, 0.29) is 18.4 Å². The second-order valence-corrected chi connectivity index (χ2v) is 4.37. The molecule has 0 aliphatic heterocycles. The van der Waals surface area contributed by atoms with Gasteiger partial charge < -0.3 is 10.2 Å². The molecular weight excluding hydrogens is 252 g/mol. The molecule has 0 aliphatic rings. The first kappa shape index (κ1) is 15.7. The van der Waals surface area contributed by atoms with Crippen molar-refractivity contribution in [2.24, 2.45) is 0 Å². The van der Waals surface area contributed by atoms with Crippen molar-refractivity contribution in [1.29, 1.82) is 0 Å². The van der Waals surface area contributed by atoms with Gasteiger partial charge in [0.1, 0.15) is 0 Å². The number of hydrogen-bond acceptors (Lipinski definition) is 2. The van der Waals surface area contributed by atoms with Crippen LogP contribution in [-0.2, 0) is 4.79 Å². The van der Waals surface area contributed by atoms with E-state index in [0.717, 1.165) is 5.56 Å². The zero-order chi connectivity index (χ0) is 15.0. The molecule has 0 unspecified atom stereocenters. The third-order valence-electron chi connectivity index (χ3n) is 2.84. The molecule has 2 amide bonds. The molecule has 0 atom stereocenters. The molecule has 0 heterocycles. The Hall–Kier alpha value is -2.36. The van der Waals surface area contributed by atoms with Gasteiger partial charge in [-0.1, -0.05) is 30.4 Å². The lowest BCUT2D eigenvalue weighted by atomic mass is 10.1. The SMILES string of the molecule is C=CCN(CC=C)C(=O)CNC(=O)c1ccccc1C. The Morgan fingerprint density at radius 1 is 1.20 bits per heavy atom. The Balaban J connectivity index is 2.59. The summed E-state index contributed by atoms with van der Waals surface area (Å²) < 4.78 is 0. The van der Waals surface area contributed by atoms with Gasteiger partial charge in [0.25, 0.3) is 5.91 Å². The van der Waals surface area contributed by atoms with Crippen molar-refractivity contribution in [3.63, 3.8) is 0 Å². The molecule has 0 aromatic heterocycles. The number of nitrogens with zero attached hydrogens (tertiary/aromatic N) is 1. The van der Waals surface area contributed by atoms with Crippen LogP contribution >= 0.6 is 0 Å². The van der Waals surface area contributed by atoms with Crippen molar-refractivity contribution in [2.45, 2.75) is 6.92 Å². The van der Waals surface area contributed by atoms with Gasteiger partial charge in [0.2, 0.25) is 5.91 Å². The fourth-order valence-corrected chi connectivity index (χ4v) is 1.78. The van der Waals surface area contributed by atoms with Gasteiger partial charge >= 0.3 is 0 Å². The van der Waals surface area contributed by atoms with E-state index in [4.69, 9.17) is 0 Å². The van der Waals surface area contributed by atoms with Crippen LogP contribution in [0.4, 0.5) is 0 Å². The number of carbonyl (C=O) groups excluding carboxylic acids is 2. The number of rotatable bonds is 7. The van der Waals surface area contributed by atoms with Crippen LogP contribution in [0.5, 0.6) is 0 Å². The average Bonchev–Trinajstić information content (AvgIpc) is 2.44. The number of benzene rings is 1. The maximum atomic E-state index is 12.0. The first-order chi connectivity index (χ1) is 9.60. The molecule has 1 aromatic rings. The van der Waals surface area contributed by atoms with Crippen LogP contribution in [0.2, 0.25) is 0 Å². The predicted molar refractivity (Wildman–Crippen MR) is 80.5 cm³/mol. The van der Waals surface area contributed by atoms with Crippen molar-refractivity contribution < 1.29 is 9.59 Å². The van der Waals surface area contributed by atoms with Gasteiger partial charge in [0.15, 0.2) is 0 Å². The van der Waals surface area contributed by atoms with E-state index in [9.17, 15) is 9.59 Å². The molecule has 106 valence electrons. The lowest BCUT2D eigenvalue weighted by molar-refractivity contribution is -0.129. The van der Waals surface area contributed by atoms with Crippen LogP contribution in [-0.4, -0.2) is 36.3 Å². The second kappa shape index (κ2) is 7.94. The monoisotopic (exact) mass is 272 g/mol. The highest BCUT2D eigenvalue weighted by molar-refractivity contribution is 5.97. The Morgan fingerprint density at radius 3 is 2.35 bits per heavy atom. The Labute approximate surface area is 119 Å². The van der Waals surface area contributed by atoms with Crippen LogP contribution in [0.3, 0.4) is 0 Å². The summed E-state index contributed by atoms with van der Waals surface area (Å²) in [4.78, 5) is 25.5. The average molecular weight is 272 g/mol. The number of hydrogen-bond donors (Lipinski definition) is 1. The minimum atomic E-state index is -0.242. The summed E-state index contributed by atoms with van der Waals surface area (Å²) in [5.41, 5.74) is 1.46. The topological polar surface area (TPSA) is 49.4 Å². The third kappa shape index (κ3) is 4.39. The Kier molecular flexibility index (Phi) is 6.23. The third-order valence-corrected chi connectivity index (χ3v) is 2.84. The molecule has 0 saturated carbocycles. The van der Waals surface area contributed by atoms with Gasteiger partial charge in [-0.25, -0.2) is 0 Å². The highest BCUT2D eigenvalue weighted by Crippen LogP contribution is 2.06. The van der Waals surface area contributed by atoms with Gasteiger partial charge in [0.05, 0.1) is 6.54 Å². The minimum absolute atomic E-state index is 0.0329. The maximum absolute atomic E-state index is 12.0. The van der Waals surface area contributed by atoms with Crippen LogP contribution in [0.1, 0.15) is 15.9 Å². The van der Waals surface area contributed by atoms with Gasteiger partial charge in [-0.2, -0.15) is 0 Å². The van der Waals surface area contributed by atoms with Crippen LogP contribution in [0.15, 0.2) is 49.6 Å². The van der Waals surface area contributed by atoms with Crippen molar-refractivity contribution in [2.75, 3.05) is 19.6 Å². The first-order valence-electron chi connectivity index (χ1n) is 6.43. The molecule has 0 radical (unpaired) electrons. The van der Waals surface area contributed by atoms with Crippen molar-refractivity contribution in [3.8, 4) is 0 Å². The molecule has 1 N–H and O–H groups in total. The summed E-state index contributed by atoms with van der Waals surface area (Å²) in [5.74, 6) is -0.402. The summed E-state index contributed by atoms with van der Waals surface area (Å²) >= 11 is 0. The number of aryl methyl sites for hydroxylation is 1. The van der Waals surface area contributed by atoms with Crippen LogP contribution < -0.4 is 5.32 Å². The number of amides is 2. The Morgan fingerprint density at radius 2 is 1.80 bits per heavy atom. The Bertz CT molecular complexity index is 499. The van der Waals surface area contributed by atoms with E-state index >= 15 is 0 Å². The van der Waals surface area contributed by atoms with Gasteiger partial charge in [0, 0.05) is 18.7 Å². The fourth-order valence-electron chi connectivity index (χ4n) is 1.78. The van der Waals surface area contributed by atoms with E-state index in [0.29, 0.717) is 18.7 Å². The quantitative estimate of drug-likeness (QED) is 0.771. The molecular formula is C16H20N2O2. The minimum Gasteiger partial charge on any atom is -0.343 e. The maximum Gasteiger partial charge on any atom is 0.251 e. The van der Waals surface area contributed by atoms with Crippen LogP contribution in [0, 0.1) is 6.92 Å². The molecule has 4 nitrogen and oxygen atoms in total. The smallest absolute Gasteiger partial charge is 0.251 e. The molecule has 4 heteroatoms. The lowest BCUT2D eigenvalue weighted by Gasteiger charge is -2.19. The summed E-state index contributed by atoms with van der Waals surface area (Å²) in [6, 6.07) is 7.26. The summed E-state index contributed by atoms with van der Waals surface area (Å²) in [7, 11) is 0. The fraction of sp³-hybridized carbons (Fsp3) is 0.250. The van der Waals surface area contributed by atoms with Gasteiger partial charge in [-0.15, -0.1) is 13.2 Å². The normalized spacial score (nSPS) is 9.65. The molecule has 0 aliphatic carbocycles. The van der Waals surface area contributed by atoms with E-state index in [1.165, 1.54) is 0 Å².